The SMILES string of the molecule is CC(C)CC(NC(=O)c1nc2c(OC(F)(F)F)cccc2[nH]1)C(=O)N[C@H](C#N)CC1CCNC1=O. The number of alkyl halides is 3. The molecule has 1 aliphatic heterocycles. The number of hydrogen-bond donors (Lipinski definition) is 4. The number of rotatable bonds is 9. The lowest BCUT2D eigenvalue weighted by Gasteiger charge is -2.22. The van der Waals surface area contributed by atoms with E-state index in [1.807, 2.05) is 19.9 Å². The van der Waals surface area contributed by atoms with Gasteiger partial charge in [0.05, 0.1) is 11.6 Å². The van der Waals surface area contributed by atoms with Crippen molar-refractivity contribution in [3.8, 4) is 11.8 Å². The third-order valence-electron chi connectivity index (χ3n) is 5.40. The molecule has 188 valence electrons. The molecule has 0 aliphatic carbocycles. The van der Waals surface area contributed by atoms with Crippen molar-refractivity contribution in [3.05, 3.63) is 24.0 Å². The summed E-state index contributed by atoms with van der Waals surface area (Å²) in [7, 11) is 0. The fourth-order valence-electron chi connectivity index (χ4n) is 3.82. The number of aromatic amines is 1. The van der Waals surface area contributed by atoms with Gasteiger partial charge >= 0.3 is 6.36 Å². The summed E-state index contributed by atoms with van der Waals surface area (Å²) < 4.78 is 42.0. The molecular weight excluding hydrogens is 469 g/mol. The number of nitrogens with one attached hydrogen (secondary N) is 4. The molecule has 0 radical (unpaired) electrons. The summed E-state index contributed by atoms with van der Waals surface area (Å²) >= 11 is 0. The number of hydrogen-bond acceptors (Lipinski definition) is 6. The van der Waals surface area contributed by atoms with Crippen molar-refractivity contribution in [2.45, 2.75) is 51.6 Å². The maximum atomic E-state index is 12.9. The highest BCUT2D eigenvalue weighted by Gasteiger charge is 2.33. The van der Waals surface area contributed by atoms with E-state index < -0.39 is 36.0 Å². The van der Waals surface area contributed by atoms with Crippen molar-refractivity contribution in [1.29, 1.82) is 5.26 Å². The molecule has 1 aliphatic rings. The molecule has 0 bridgehead atoms. The van der Waals surface area contributed by atoms with Crippen LogP contribution in [0.4, 0.5) is 13.2 Å². The zero-order valence-electron chi connectivity index (χ0n) is 19.0. The number of nitriles is 1. The number of carbonyl (C=O) groups excluding carboxylic acids is 3. The van der Waals surface area contributed by atoms with Crippen LogP contribution in [0.15, 0.2) is 18.2 Å². The second-order valence-electron chi connectivity index (χ2n) is 8.64. The summed E-state index contributed by atoms with van der Waals surface area (Å²) in [6.45, 7) is 4.17. The van der Waals surface area contributed by atoms with E-state index in [0.717, 1.165) is 6.07 Å². The molecule has 4 N–H and O–H groups in total. The Morgan fingerprint density at radius 1 is 1.31 bits per heavy atom. The zero-order valence-corrected chi connectivity index (χ0v) is 19.0. The maximum Gasteiger partial charge on any atom is 0.573 e. The Morgan fingerprint density at radius 2 is 2.06 bits per heavy atom. The van der Waals surface area contributed by atoms with Gasteiger partial charge in [-0.2, -0.15) is 5.26 Å². The van der Waals surface area contributed by atoms with Crippen LogP contribution in [-0.2, 0) is 9.59 Å². The van der Waals surface area contributed by atoms with E-state index in [4.69, 9.17) is 0 Å². The van der Waals surface area contributed by atoms with Crippen LogP contribution in [0, 0.1) is 23.2 Å². The number of H-pyrrole nitrogens is 1. The fraction of sp³-hybridized carbons (Fsp3) is 0.500. The highest BCUT2D eigenvalue weighted by Crippen LogP contribution is 2.29. The molecule has 2 aromatic rings. The van der Waals surface area contributed by atoms with Crippen molar-refractivity contribution in [3.63, 3.8) is 0 Å². The Hall–Kier alpha value is -3.82. The number of nitrogens with zero attached hydrogens (tertiary/aromatic N) is 2. The van der Waals surface area contributed by atoms with E-state index in [2.05, 4.69) is 30.7 Å². The third kappa shape index (κ3) is 6.84. The number of ether oxygens (including phenoxy) is 1. The second kappa shape index (κ2) is 10.6. The first kappa shape index (κ1) is 25.8. The molecular formula is C22H25F3N6O4. The molecule has 1 fully saturated rings. The Balaban J connectivity index is 1.74. The number of halogens is 3. The number of imidazole rings is 1. The van der Waals surface area contributed by atoms with Crippen molar-refractivity contribution < 1.29 is 32.3 Å². The van der Waals surface area contributed by atoms with Crippen LogP contribution < -0.4 is 20.7 Å². The smallest absolute Gasteiger partial charge is 0.403 e. The second-order valence-corrected chi connectivity index (χ2v) is 8.64. The summed E-state index contributed by atoms with van der Waals surface area (Å²) in [5, 5.41) is 17.2. The Morgan fingerprint density at radius 3 is 2.66 bits per heavy atom. The van der Waals surface area contributed by atoms with E-state index in [9.17, 15) is 32.8 Å². The molecule has 1 saturated heterocycles. The van der Waals surface area contributed by atoms with Gasteiger partial charge in [-0.25, -0.2) is 4.98 Å². The number of aromatic nitrogens is 2. The number of fused-ring (bicyclic) bond motifs is 1. The van der Waals surface area contributed by atoms with Crippen LogP contribution >= 0.6 is 0 Å². The van der Waals surface area contributed by atoms with Crippen LogP contribution in [0.5, 0.6) is 5.75 Å². The van der Waals surface area contributed by atoms with Gasteiger partial charge in [-0.15, -0.1) is 13.2 Å². The van der Waals surface area contributed by atoms with Gasteiger partial charge in [0, 0.05) is 12.5 Å². The predicted molar refractivity (Wildman–Crippen MR) is 117 cm³/mol. The molecule has 3 atom stereocenters. The lowest BCUT2D eigenvalue weighted by molar-refractivity contribution is -0.274. The fourth-order valence-corrected chi connectivity index (χ4v) is 3.82. The molecule has 3 amide bonds. The molecule has 3 rings (SSSR count). The van der Waals surface area contributed by atoms with Crippen molar-refractivity contribution >= 4 is 28.8 Å². The highest BCUT2D eigenvalue weighted by atomic mass is 19.4. The summed E-state index contributed by atoms with van der Waals surface area (Å²) in [4.78, 5) is 44.1. The first-order valence-corrected chi connectivity index (χ1v) is 11.0. The quantitative estimate of drug-likeness (QED) is 0.420. The number of amides is 3. The van der Waals surface area contributed by atoms with E-state index in [0.29, 0.717) is 13.0 Å². The summed E-state index contributed by atoms with van der Waals surface area (Å²) in [6.07, 6.45) is -4.01. The number of benzene rings is 1. The molecule has 2 heterocycles. The minimum atomic E-state index is -4.94. The van der Waals surface area contributed by atoms with Gasteiger partial charge in [0.25, 0.3) is 5.91 Å². The lowest BCUT2D eigenvalue weighted by atomic mass is 9.98. The standard InChI is InChI=1S/C22H25F3N6O4/c1-11(2)8-15(20(33)28-13(10-26)9-12-6-7-27-19(12)32)30-21(34)18-29-14-4-3-5-16(17(14)31-18)35-22(23,24)25/h3-5,11-13,15H,6-9H2,1-2H3,(H,27,32)(H,28,33)(H,29,31)(H,30,34)/t12?,13-,15?/m0/s1. The van der Waals surface area contributed by atoms with Gasteiger partial charge in [0.1, 0.15) is 17.6 Å². The first-order chi connectivity index (χ1) is 16.5. The molecule has 1 aromatic heterocycles. The van der Waals surface area contributed by atoms with Gasteiger partial charge in [-0.1, -0.05) is 19.9 Å². The third-order valence-corrected chi connectivity index (χ3v) is 5.40. The maximum absolute atomic E-state index is 12.9. The molecule has 13 heteroatoms. The van der Waals surface area contributed by atoms with Crippen LogP contribution in [0.1, 0.15) is 43.7 Å². The Labute approximate surface area is 198 Å². The minimum absolute atomic E-state index is 0.0188. The molecule has 10 nitrogen and oxygen atoms in total. The highest BCUT2D eigenvalue weighted by molar-refractivity contribution is 5.98. The monoisotopic (exact) mass is 494 g/mol. The van der Waals surface area contributed by atoms with Gasteiger partial charge in [0.15, 0.2) is 11.6 Å². The molecule has 1 aromatic carbocycles. The molecule has 35 heavy (non-hydrogen) atoms. The molecule has 0 saturated carbocycles. The lowest BCUT2D eigenvalue weighted by Crippen LogP contribution is -2.50. The normalized spacial score (nSPS) is 17.5. The number of para-hydroxylation sites is 1. The van der Waals surface area contributed by atoms with Crippen molar-refractivity contribution in [1.82, 2.24) is 25.9 Å². The Bertz CT molecular complexity index is 1140. The van der Waals surface area contributed by atoms with Crippen molar-refractivity contribution in [2.24, 2.45) is 11.8 Å². The molecule has 2 unspecified atom stereocenters. The van der Waals surface area contributed by atoms with Crippen molar-refractivity contribution in [2.75, 3.05) is 6.54 Å². The van der Waals surface area contributed by atoms with Crippen LogP contribution in [0.25, 0.3) is 11.0 Å². The van der Waals surface area contributed by atoms with Gasteiger partial charge < -0.3 is 25.7 Å². The van der Waals surface area contributed by atoms with Gasteiger partial charge in [0.2, 0.25) is 11.8 Å². The van der Waals surface area contributed by atoms with Crippen LogP contribution in [0.3, 0.4) is 0 Å². The summed E-state index contributed by atoms with van der Waals surface area (Å²) in [5.74, 6) is -2.90. The predicted octanol–water partition coefficient (Wildman–Crippen LogP) is 2.14. The Kier molecular flexibility index (Phi) is 7.83. The largest absolute Gasteiger partial charge is 0.573 e. The molecule has 0 spiro atoms. The first-order valence-electron chi connectivity index (χ1n) is 11.0. The van der Waals surface area contributed by atoms with Crippen LogP contribution in [0.2, 0.25) is 0 Å². The average molecular weight is 494 g/mol. The summed E-state index contributed by atoms with van der Waals surface area (Å²) in [6, 6.07) is 3.79. The van der Waals surface area contributed by atoms with E-state index in [1.54, 1.807) is 0 Å². The van der Waals surface area contributed by atoms with Crippen LogP contribution in [-0.4, -0.2) is 52.7 Å². The van der Waals surface area contributed by atoms with Gasteiger partial charge in [-0.05, 0) is 37.3 Å². The van der Waals surface area contributed by atoms with E-state index in [1.165, 1.54) is 12.1 Å². The zero-order chi connectivity index (χ0) is 25.8. The summed E-state index contributed by atoms with van der Waals surface area (Å²) in [5.41, 5.74) is -0.0552. The minimum Gasteiger partial charge on any atom is -0.403 e. The average Bonchev–Trinajstić information content (AvgIpc) is 3.38. The van der Waals surface area contributed by atoms with Gasteiger partial charge in [-0.3, -0.25) is 14.4 Å². The van der Waals surface area contributed by atoms with E-state index >= 15 is 0 Å². The van der Waals surface area contributed by atoms with E-state index in [-0.39, 0.29) is 47.4 Å². The topological polar surface area (TPSA) is 149 Å². The number of carbonyl (C=O) groups is 3.